The van der Waals surface area contributed by atoms with Gasteiger partial charge in [0.15, 0.2) is 0 Å². The number of hydrogen-bond donors (Lipinski definition) is 2. The number of aromatic nitrogens is 2. The van der Waals surface area contributed by atoms with Crippen LogP contribution in [0, 0.1) is 5.92 Å². The summed E-state index contributed by atoms with van der Waals surface area (Å²) in [6.07, 6.45) is 9.61. The normalized spacial score (nSPS) is 29.2. The summed E-state index contributed by atoms with van der Waals surface area (Å²) in [5.41, 5.74) is 0.822. The van der Waals surface area contributed by atoms with E-state index in [1.54, 1.807) is 18.6 Å². The topological polar surface area (TPSA) is 58.0 Å². The number of nitrogens with zero attached hydrogens (tertiary/aromatic N) is 2. The fourth-order valence-electron chi connectivity index (χ4n) is 2.40. The van der Waals surface area contributed by atoms with Crippen molar-refractivity contribution in [2.24, 2.45) is 5.92 Å². The average Bonchev–Trinajstić information content (AvgIpc) is 2.40. The Bertz CT molecular complexity index is 334. The molecule has 0 radical (unpaired) electrons. The van der Waals surface area contributed by atoms with E-state index in [1.807, 2.05) is 0 Å². The molecule has 1 saturated carbocycles. The number of rotatable bonds is 4. The van der Waals surface area contributed by atoms with Gasteiger partial charge in [-0.05, 0) is 31.6 Å². The molecule has 1 aliphatic rings. The molecule has 4 nitrogen and oxygen atoms in total. The number of nitrogens with one attached hydrogen (secondary N) is 1. The van der Waals surface area contributed by atoms with Crippen LogP contribution >= 0.6 is 0 Å². The van der Waals surface area contributed by atoms with Crippen LogP contribution in [-0.2, 0) is 6.54 Å². The third kappa shape index (κ3) is 3.23. The Morgan fingerprint density at radius 3 is 2.76 bits per heavy atom. The molecule has 1 fully saturated rings. The first-order valence-corrected chi connectivity index (χ1v) is 6.35. The van der Waals surface area contributed by atoms with Gasteiger partial charge in [0.25, 0.3) is 0 Å². The number of aliphatic hydroxyl groups excluding tert-OH is 1. The largest absolute Gasteiger partial charge is 0.394 e. The van der Waals surface area contributed by atoms with Crippen LogP contribution < -0.4 is 5.32 Å². The monoisotopic (exact) mass is 235 g/mol. The molecular weight excluding hydrogens is 214 g/mol. The summed E-state index contributed by atoms with van der Waals surface area (Å²) in [4.78, 5) is 8.28. The van der Waals surface area contributed by atoms with Gasteiger partial charge in [0.1, 0.15) is 0 Å². The van der Waals surface area contributed by atoms with Gasteiger partial charge in [0.2, 0.25) is 0 Å². The zero-order valence-corrected chi connectivity index (χ0v) is 10.4. The van der Waals surface area contributed by atoms with Crippen molar-refractivity contribution in [3.63, 3.8) is 0 Å². The Hall–Kier alpha value is -1.00. The summed E-state index contributed by atoms with van der Waals surface area (Å²) in [6, 6.07) is 0. The molecule has 1 aliphatic carbocycles. The molecule has 1 aromatic heterocycles. The highest BCUT2D eigenvalue weighted by Gasteiger charge is 2.32. The van der Waals surface area contributed by atoms with E-state index in [0.29, 0.717) is 6.54 Å². The fraction of sp³-hybridized carbons (Fsp3) is 0.692. The van der Waals surface area contributed by atoms with Crippen LogP contribution in [0.4, 0.5) is 0 Å². The Balaban J connectivity index is 1.91. The molecule has 94 valence electrons. The Morgan fingerprint density at radius 2 is 2.18 bits per heavy atom. The van der Waals surface area contributed by atoms with Crippen molar-refractivity contribution in [3.8, 4) is 0 Å². The molecule has 1 heterocycles. The third-order valence-electron chi connectivity index (χ3n) is 3.80. The van der Waals surface area contributed by atoms with E-state index in [-0.39, 0.29) is 12.1 Å². The first kappa shape index (κ1) is 12.5. The van der Waals surface area contributed by atoms with E-state index in [1.165, 1.54) is 12.8 Å². The summed E-state index contributed by atoms with van der Waals surface area (Å²) < 4.78 is 0. The van der Waals surface area contributed by atoms with E-state index < -0.39 is 0 Å². The summed E-state index contributed by atoms with van der Waals surface area (Å²) in [6.45, 7) is 3.17. The standard InChI is InChI=1S/C13H21N3O/c1-11-2-4-13(10-17,5-3-11)16-9-12-8-14-6-7-15-12/h6-8,11,16-17H,2-5,9-10H2,1H3. The van der Waals surface area contributed by atoms with Crippen LogP contribution in [0.1, 0.15) is 38.3 Å². The van der Waals surface area contributed by atoms with Gasteiger partial charge in [-0.3, -0.25) is 9.97 Å². The predicted molar refractivity (Wildman–Crippen MR) is 66.3 cm³/mol. The van der Waals surface area contributed by atoms with Crippen molar-refractivity contribution in [3.05, 3.63) is 24.3 Å². The zero-order valence-electron chi connectivity index (χ0n) is 10.4. The van der Waals surface area contributed by atoms with Crippen molar-refractivity contribution >= 4 is 0 Å². The average molecular weight is 235 g/mol. The molecule has 1 aromatic rings. The molecule has 0 bridgehead atoms. The van der Waals surface area contributed by atoms with Gasteiger partial charge in [-0.1, -0.05) is 6.92 Å². The van der Waals surface area contributed by atoms with Crippen LogP contribution in [0.5, 0.6) is 0 Å². The van der Waals surface area contributed by atoms with Crippen molar-refractivity contribution in [2.75, 3.05) is 6.61 Å². The summed E-state index contributed by atoms with van der Waals surface area (Å²) in [7, 11) is 0. The lowest BCUT2D eigenvalue weighted by atomic mass is 9.77. The quantitative estimate of drug-likeness (QED) is 0.830. The van der Waals surface area contributed by atoms with Gasteiger partial charge in [0, 0.05) is 30.7 Å². The third-order valence-corrected chi connectivity index (χ3v) is 3.80. The predicted octanol–water partition coefficient (Wildman–Crippen LogP) is 1.51. The minimum absolute atomic E-state index is 0.107. The van der Waals surface area contributed by atoms with E-state index in [2.05, 4.69) is 22.2 Å². The van der Waals surface area contributed by atoms with Crippen LogP contribution in [-0.4, -0.2) is 27.2 Å². The second-order valence-corrected chi connectivity index (χ2v) is 5.17. The maximum absolute atomic E-state index is 9.61. The van der Waals surface area contributed by atoms with Crippen molar-refractivity contribution in [1.29, 1.82) is 0 Å². The first-order valence-electron chi connectivity index (χ1n) is 6.35. The van der Waals surface area contributed by atoms with Gasteiger partial charge in [-0.25, -0.2) is 0 Å². The lowest BCUT2D eigenvalue weighted by molar-refractivity contribution is 0.104. The summed E-state index contributed by atoms with van der Waals surface area (Å²) in [5, 5.41) is 13.1. The molecule has 2 rings (SSSR count). The molecule has 4 heteroatoms. The molecular formula is C13H21N3O. The minimum Gasteiger partial charge on any atom is -0.394 e. The van der Waals surface area contributed by atoms with E-state index in [9.17, 15) is 5.11 Å². The molecule has 0 spiro atoms. The van der Waals surface area contributed by atoms with Gasteiger partial charge in [-0.15, -0.1) is 0 Å². The minimum atomic E-state index is -0.107. The van der Waals surface area contributed by atoms with Crippen LogP contribution in [0.3, 0.4) is 0 Å². The second kappa shape index (κ2) is 5.56. The van der Waals surface area contributed by atoms with Crippen LogP contribution in [0.15, 0.2) is 18.6 Å². The molecule has 0 aromatic carbocycles. The highest BCUT2D eigenvalue weighted by Crippen LogP contribution is 2.31. The lowest BCUT2D eigenvalue weighted by Gasteiger charge is -2.38. The highest BCUT2D eigenvalue weighted by atomic mass is 16.3. The zero-order chi connectivity index (χ0) is 12.1. The smallest absolute Gasteiger partial charge is 0.0724 e. The van der Waals surface area contributed by atoms with Gasteiger partial charge in [0.05, 0.1) is 12.3 Å². The summed E-state index contributed by atoms with van der Waals surface area (Å²) >= 11 is 0. The maximum Gasteiger partial charge on any atom is 0.0724 e. The van der Waals surface area contributed by atoms with E-state index in [4.69, 9.17) is 0 Å². The molecule has 0 aliphatic heterocycles. The summed E-state index contributed by atoms with van der Waals surface area (Å²) in [5.74, 6) is 0.785. The Labute approximate surface area is 102 Å². The van der Waals surface area contributed by atoms with Gasteiger partial charge < -0.3 is 10.4 Å². The highest BCUT2D eigenvalue weighted by molar-refractivity contribution is 4.98. The fourth-order valence-corrected chi connectivity index (χ4v) is 2.40. The van der Waals surface area contributed by atoms with Crippen LogP contribution in [0.25, 0.3) is 0 Å². The van der Waals surface area contributed by atoms with Gasteiger partial charge >= 0.3 is 0 Å². The first-order chi connectivity index (χ1) is 8.24. The molecule has 0 atom stereocenters. The van der Waals surface area contributed by atoms with Gasteiger partial charge in [-0.2, -0.15) is 0 Å². The Kier molecular flexibility index (Phi) is 4.07. The molecule has 0 unspecified atom stereocenters. The van der Waals surface area contributed by atoms with Crippen molar-refractivity contribution < 1.29 is 5.11 Å². The van der Waals surface area contributed by atoms with Crippen molar-refractivity contribution in [1.82, 2.24) is 15.3 Å². The SMILES string of the molecule is CC1CCC(CO)(NCc2cnccn2)CC1. The Morgan fingerprint density at radius 1 is 1.41 bits per heavy atom. The second-order valence-electron chi connectivity index (χ2n) is 5.17. The van der Waals surface area contributed by atoms with E-state index in [0.717, 1.165) is 24.5 Å². The number of hydrogen-bond acceptors (Lipinski definition) is 4. The molecule has 0 saturated heterocycles. The maximum atomic E-state index is 9.61. The van der Waals surface area contributed by atoms with Crippen molar-refractivity contribution in [2.45, 2.75) is 44.7 Å². The van der Waals surface area contributed by atoms with Crippen LogP contribution in [0.2, 0.25) is 0 Å². The van der Waals surface area contributed by atoms with E-state index >= 15 is 0 Å². The lowest BCUT2D eigenvalue weighted by Crippen LogP contribution is -2.50. The molecule has 17 heavy (non-hydrogen) atoms. The number of aliphatic hydroxyl groups is 1. The molecule has 0 amide bonds. The molecule has 2 N–H and O–H groups in total.